The first kappa shape index (κ1) is 12.2. The molecule has 1 aliphatic heterocycles. The summed E-state index contributed by atoms with van der Waals surface area (Å²) in [4.78, 5) is 10.8. The fourth-order valence-electron chi connectivity index (χ4n) is 1.80. The van der Waals surface area contributed by atoms with Gasteiger partial charge in [0.25, 0.3) is 0 Å². The molecule has 0 aliphatic carbocycles. The van der Waals surface area contributed by atoms with Gasteiger partial charge < -0.3 is 19.7 Å². The fourth-order valence-corrected chi connectivity index (χ4v) is 2.61. The number of hydrogen-bond acceptors (Lipinski definition) is 4. The summed E-state index contributed by atoms with van der Waals surface area (Å²) in [6.07, 6.45) is -0.979. The van der Waals surface area contributed by atoms with E-state index in [0.717, 1.165) is 0 Å². The molecule has 0 fully saturated rings. The maximum absolute atomic E-state index is 10.8. The molecule has 0 bridgehead atoms. The third-order valence-corrected chi connectivity index (χ3v) is 3.46. The number of aliphatic hydroxyl groups is 1. The summed E-state index contributed by atoms with van der Waals surface area (Å²) in [7, 11) is 0. The maximum atomic E-state index is 10.8. The Labute approximate surface area is 106 Å². The Kier molecular flexibility index (Phi) is 3.26. The molecule has 6 heteroatoms. The van der Waals surface area contributed by atoms with E-state index in [-0.39, 0.29) is 6.79 Å². The van der Waals surface area contributed by atoms with Crippen LogP contribution in [0.15, 0.2) is 10.5 Å². The highest BCUT2D eigenvalue weighted by atomic mass is 79.9. The number of benzene rings is 1. The van der Waals surface area contributed by atoms with Gasteiger partial charge in [0.1, 0.15) is 0 Å². The number of halogens is 1. The molecule has 0 aromatic heterocycles. The Morgan fingerprint density at radius 1 is 1.59 bits per heavy atom. The van der Waals surface area contributed by atoms with Gasteiger partial charge in [0, 0.05) is 0 Å². The lowest BCUT2D eigenvalue weighted by atomic mass is 9.99. The van der Waals surface area contributed by atoms with Crippen LogP contribution >= 0.6 is 15.9 Å². The van der Waals surface area contributed by atoms with Gasteiger partial charge in [-0.2, -0.15) is 0 Å². The molecular formula is C11H11BrO5. The van der Waals surface area contributed by atoms with Gasteiger partial charge in [0.05, 0.1) is 4.47 Å². The molecule has 1 aromatic carbocycles. The number of ether oxygens (including phenoxy) is 2. The number of aliphatic carboxylic acids is 1. The Morgan fingerprint density at radius 3 is 2.88 bits per heavy atom. The van der Waals surface area contributed by atoms with Crippen molar-refractivity contribution in [2.75, 3.05) is 6.79 Å². The Bertz CT molecular complexity index is 471. The van der Waals surface area contributed by atoms with Crippen molar-refractivity contribution in [1.82, 2.24) is 0 Å². The van der Waals surface area contributed by atoms with Crippen molar-refractivity contribution >= 4 is 21.9 Å². The smallest absolute Gasteiger partial charge is 0.337 e. The number of carboxylic acid groups (broad SMARTS) is 1. The van der Waals surface area contributed by atoms with E-state index >= 15 is 0 Å². The van der Waals surface area contributed by atoms with E-state index in [2.05, 4.69) is 15.9 Å². The standard InChI is InChI=1S/C11H11BrO5/c1-2-5-6(9(13)11(14)15)3-7-10(8(5)12)17-4-16-7/h3,9,13H,2,4H2,1H3,(H,14,15). The lowest BCUT2D eigenvalue weighted by Gasteiger charge is -2.14. The van der Waals surface area contributed by atoms with E-state index < -0.39 is 12.1 Å². The summed E-state index contributed by atoms with van der Waals surface area (Å²) >= 11 is 3.35. The normalized spacial score (nSPS) is 14.8. The Hall–Kier alpha value is -1.27. The number of aliphatic hydroxyl groups excluding tert-OH is 1. The summed E-state index contributed by atoms with van der Waals surface area (Å²) in [5.41, 5.74) is 1.04. The molecule has 1 atom stereocenters. The monoisotopic (exact) mass is 302 g/mol. The summed E-state index contributed by atoms with van der Waals surface area (Å²) in [5.74, 6) is -0.280. The highest BCUT2D eigenvalue weighted by molar-refractivity contribution is 9.10. The largest absolute Gasteiger partial charge is 0.479 e. The van der Waals surface area contributed by atoms with Crippen LogP contribution in [0.4, 0.5) is 0 Å². The molecule has 1 aliphatic rings. The SMILES string of the molecule is CCc1c(C(O)C(=O)O)cc2c(c1Br)OCO2. The number of carbonyl (C=O) groups is 1. The molecule has 1 aromatic rings. The minimum atomic E-state index is -1.56. The number of hydrogen-bond donors (Lipinski definition) is 2. The molecule has 2 rings (SSSR count). The summed E-state index contributed by atoms with van der Waals surface area (Å²) in [5, 5.41) is 18.5. The maximum Gasteiger partial charge on any atom is 0.337 e. The van der Waals surface area contributed by atoms with Crippen LogP contribution in [0.3, 0.4) is 0 Å². The molecule has 0 amide bonds. The molecule has 0 saturated heterocycles. The second-order valence-corrected chi connectivity index (χ2v) is 4.38. The van der Waals surface area contributed by atoms with Gasteiger partial charge in [0.2, 0.25) is 6.79 Å². The van der Waals surface area contributed by atoms with Crippen molar-refractivity contribution in [1.29, 1.82) is 0 Å². The van der Waals surface area contributed by atoms with Gasteiger partial charge in [0.15, 0.2) is 17.6 Å². The number of carboxylic acids is 1. The molecule has 1 unspecified atom stereocenters. The summed E-state index contributed by atoms with van der Waals surface area (Å²) < 4.78 is 11.1. The van der Waals surface area contributed by atoms with E-state index in [0.29, 0.717) is 33.5 Å². The van der Waals surface area contributed by atoms with Crippen molar-refractivity contribution in [2.24, 2.45) is 0 Å². The Morgan fingerprint density at radius 2 is 2.29 bits per heavy atom. The molecule has 5 nitrogen and oxygen atoms in total. The van der Waals surface area contributed by atoms with E-state index in [4.69, 9.17) is 14.6 Å². The van der Waals surface area contributed by atoms with Crippen molar-refractivity contribution in [3.8, 4) is 11.5 Å². The van der Waals surface area contributed by atoms with Crippen molar-refractivity contribution in [3.63, 3.8) is 0 Å². The van der Waals surface area contributed by atoms with Crippen LogP contribution in [0.25, 0.3) is 0 Å². The van der Waals surface area contributed by atoms with Crippen molar-refractivity contribution < 1.29 is 24.5 Å². The van der Waals surface area contributed by atoms with Crippen LogP contribution in [-0.4, -0.2) is 23.0 Å². The van der Waals surface area contributed by atoms with E-state index in [1.807, 2.05) is 6.92 Å². The average Bonchev–Trinajstić information content (AvgIpc) is 2.76. The highest BCUT2D eigenvalue weighted by Gasteiger charge is 2.27. The lowest BCUT2D eigenvalue weighted by molar-refractivity contribution is -0.147. The molecule has 17 heavy (non-hydrogen) atoms. The van der Waals surface area contributed by atoms with Gasteiger partial charge in [-0.1, -0.05) is 6.92 Å². The van der Waals surface area contributed by atoms with Crippen LogP contribution in [0.2, 0.25) is 0 Å². The predicted octanol–water partition coefficient (Wildman–Crippen LogP) is 1.86. The van der Waals surface area contributed by atoms with Gasteiger partial charge in [-0.05, 0) is 39.5 Å². The highest BCUT2D eigenvalue weighted by Crippen LogP contribution is 2.44. The Balaban J connectivity index is 2.59. The minimum absolute atomic E-state index is 0.101. The average molecular weight is 303 g/mol. The van der Waals surface area contributed by atoms with Crippen LogP contribution in [0, 0.1) is 0 Å². The lowest BCUT2D eigenvalue weighted by Crippen LogP contribution is -2.13. The second-order valence-electron chi connectivity index (χ2n) is 3.59. The molecule has 0 saturated carbocycles. The fraction of sp³-hybridized carbons (Fsp3) is 0.364. The zero-order chi connectivity index (χ0) is 12.6. The summed E-state index contributed by atoms with van der Waals surface area (Å²) in [6, 6.07) is 1.52. The number of rotatable bonds is 3. The quantitative estimate of drug-likeness (QED) is 0.891. The van der Waals surface area contributed by atoms with Crippen LogP contribution in [0.1, 0.15) is 24.2 Å². The van der Waals surface area contributed by atoms with E-state index in [9.17, 15) is 9.90 Å². The molecule has 0 spiro atoms. The zero-order valence-electron chi connectivity index (χ0n) is 9.07. The van der Waals surface area contributed by atoms with Crippen LogP contribution in [-0.2, 0) is 11.2 Å². The van der Waals surface area contributed by atoms with Gasteiger partial charge in [-0.15, -0.1) is 0 Å². The van der Waals surface area contributed by atoms with E-state index in [1.54, 1.807) is 0 Å². The van der Waals surface area contributed by atoms with Crippen LogP contribution in [0.5, 0.6) is 11.5 Å². The topological polar surface area (TPSA) is 76.0 Å². The predicted molar refractivity (Wildman–Crippen MR) is 62.2 cm³/mol. The second kappa shape index (κ2) is 4.54. The van der Waals surface area contributed by atoms with Crippen molar-refractivity contribution in [2.45, 2.75) is 19.4 Å². The van der Waals surface area contributed by atoms with E-state index in [1.165, 1.54) is 6.07 Å². The first-order chi connectivity index (χ1) is 8.06. The molecule has 0 radical (unpaired) electrons. The molecular weight excluding hydrogens is 292 g/mol. The third kappa shape index (κ3) is 1.98. The number of fused-ring (bicyclic) bond motifs is 1. The molecule has 1 heterocycles. The van der Waals surface area contributed by atoms with Crippen molar-refractivity contribution in [3.05, 3.63) is 21.7 Å². The first-order valence-corrected chi connectivity index (χ1v) is 5.87. The third-order valence-electron chi connectivity index (χ3n) is 2.62. The summed E-state index contributed by atoms with van der Waals surface area (Å²) in [6.45, 7) is 1.98. The van der Waals surface area contributed by atoms with Crippen LogP contribution < -0.4 is 9.47 Å². The minimum Gasteiger partial charge on any atom is -0.479 e. The van der Waals surface area contributed by atoms with Gasteiger partial charge in [-0.3, -0.25) is 0 Å². The first-order valence-electron chi connectivity index (χ1n) is 5.08. The zero-order valence-corrected chi connectivity index (χ0v) is 10.7. The molecule has 92 valence electrons. The molecule has 2 N–H and O–H groups in total. The van der Waals surface area contributed by atoms with Gasteiger partial charge in [-0.25, -0.2) is 4.79 Å². The van der Waals surface area contributed by atoms with Gasteiger partial charge >= 0.3 is 5.97 Å².